The predicted octanol–water partition coefficient (Wildman–Crippen LogP) is 5.52. The molecule has 0 bridgehead atoms. The lowest BCUT2D eigenvalue weighted by Gasteiger charge is -2.55. The number of hydrogen-bond acceptors (Lipinski definition) is 5. The van der Waals surface area contributed by atoms with Gasteiger partial charge in [-0.3, -0.25) is 4.79 Å². The van der Waals surface area contributed by atoms with Crippen molar-refractivity contribution >= 4 is 5.91 Å². The normalized spacial score (nSPS) is 25.0. The number of methoxy groups -OCH3 is 2. The maximum Gasteiger partial charge on any atom is 0.229 e. The molecular weight excluding hydrogens is 538 g/mol. The molecule has 1 aliphatic heterocycles. The van der Waals surface area contributed by atoms with E-state index in [-0.39, 0.29) is 24.8 Å². The Morgan fingerprint density at radius 2 is 1.28 bits per heavy atom. The summed E-state index contributed by atoms with van der Waals surface area (Å²) in [6.07, 6.45) is -0.854. The second kappa shape index (κ2) is 11.5. The molecule has 2 N–H and O–H groups in total. The molecule has 0 aromatic heterocycles. The number of fused-ring (bicyclic) bond motifs is 1. The third kappa shape index (κ3) is 4.60. The van der Waals surface area contributed by atoms with E-state index < -0.39 is 29.0 Å². The van der Waals surface area contributed by atoms with Gasteiger partial charge in [-0.1, -0.05) is 97.1 Å². The number of ether oxygens (including phenoxy) is 2. The van der Waals surface area contributed by atoms with Crippen LogP contribution in [0.5, 0.6) is 11.5 Å². The zero-order valence-corrected chi connectivity index (χ0v) is 24.9. The summed E-state index contributed by atoms with van der Waals surface area (Å²) in [6.45, 7) is 2.62. The first-order valence-corrected chi connectivity index (χ1v) is 14.9. The van der Waals surface area contributed by atoms with Gasteiger partial charge in [0, 0.05) is 35.5 Å². The monoisotopic (exact) mass is 577 g/mol. The third-order valence-corrected chi connectivity index (χ3v) is 9.95. The SMILES string of the molecule is COc1ccccc1[C@H](C)C(=O)N1C[C@@H]2[C@H](C1)C(c1ccccc1)(c1ccccc1)C[C@H](O)[C@@]2(O)c1ccccc1OC. The highest BCUT2D eigenvalue weighted by molar-refractivity contribution is 5.84. The summed E-state index contributed by atoms with van der Waals surface area (Å²) in [5.41, 5.74) is 1.19. The van der Waals surface area contributed by atoms with Crippen LogP contribution in [0.2, 0.25) is 0 Å². The number of hydrogen-bond donors (Lipinski definition) is 2. The Morgan fingerprint density at radius 1 is 0.767 bits per heavy atom. The Labute approximate surface area is 253 Å². The van der Waals surface area contributed by atoms with Crippen molar-refractivity contribution in [3.8, 4) is 11.5 Å². The summed E-state index contributed by atoms with van der Waals surface area (Å²) in [5.74, 6) is 0.00570. The van der Waals surface area contributed by atoms with Gasteiger partial charge in [0.1, 0.15) is 17.1 Å². The fraction of sp³-hybridized carbons (Fsp3) is 0.324. The van der Waals surface area contributed by atoms with Gasteiger partial charge in [0.05, 0.1) is 26.2 Å². The first-order valence-electron chi connectivity index (χ1n) is 14.9. The lowest BCUT2D eigenvalue weighted by molar-refractivity contribution is -0.168. The van der Waals surface area contributed by atoms with Crippen molar-refractivity contribution in [3.05, 3.63) is 131 Å². The van der Waals surface area contributed by atoms with E-state index in [0.717, 1.165) is 16.7 Å². The van der Waals surface area contributed by atoms with Gasteiger partial charge in [0.25, 0.3) is 0 Å². The number of para-hydroxylation sites is 2. The molecule has 1 aliphatic carbocycles. The van der Waals surface area contributed by atoms with Gasteiger partial charge in [0.2, 0.25) is 5.91 Å². The predicted molar refractivity (Wildman–Crippen MR) is 166 cm³/mol. The Kier molecular flexibility index (Phi) is 7.75. The van der Waals surface area contributed by atoms with E-state index in [2.05, 4.69) is 24.3 Å². The minimum absolute atomic E-state index is 0.0363. The van der Waals surface area contributed by atoms with Crippen LogP contribution in [0.1, 0.15) is 41.5 Å². The van der Waals surface area contributed by atoms with Gasteiger partial charge < -0.3 is 24.6 Å². The fourth-order valence-electron chi connectivity index (χ4n) is 7.88. The van der Waals surface area contributed by atoms with E-state index in [9.17, 15) is 15.0 Å². The van der Waals surface area contributed by atoms with Gasteiger partial charge in [0.15, 0.2) is 0 Å². The highest BCUT2D eigenvalue weighted by Gasteiger charge is 2.65. The summed E-state index contributed by atoms with van der Waals surface area (Å²) < 4.78 is 11.3. The average molecular weight is 578 g/mol. The third-order valence-electron chi connectivity index (χ3n) is 9.95. The molecule has 1 saturated heterocycles. The van der Waals surface area contributed by atoms with Crippen molar-refractivity contribution in [2.45, 2.75) is 36.4 Å². The van der Waals surface area contributed by atoms with Gasteiger partial charge in [-0.2, -0.15) is 0 Å². The van der Waals surface area contributed by atoms with Crippen LogP contribution in [0.15, 0.2) is 109 Å². The standard InChI is InChI=1S/C37H39NO5/c1-25(28-18-10-12-20-32(28)42-2)35(40)38-23-30-31(24-38)37(41,29-19-11-13-21-33(29)43-3)34(39)22-36(30,26-14-6-4-7-15-26)27-16-8-5-9-17-27/h4-21,25,30-31,34,39,41H,22-24H2,1-3H3/t25-,30-,31+,34-,37+/m0/s1. The molecule has 6 nitrogen and oxygen atoms in total. The molecule has 1 amide bonds. The average Bonchev–Trinajstić information content (AvgIpc) is 3.53. The first-order chi connectivity index (χ1) is 20.9. The molecule has 0 radical (unpaired) electrons. The van der Waals surface area contributed by atoms with E-state index >= 15 is 0 Å². The number of rotatable bonds is 7. The molecule has 4 aromatic carbocycles. The zero-order chi connectivity index (χ0) is 30.2. The van der Waals surface area contributed by atoms with Crippen LogP contribution in [0.4, 0.5) is 0 Å². The number of carbonyl (C=O) groups is 1. The molecule has 222 valence electrons. The van der Waals surface area contributed by atoms with Crippen molar-refractivity contribution in [2.75, 3.05) is 27.3 Å². The Bertz CT molecular complexity index is 1530. The van der Waals surface area contributed by atoms with Gasteiger partial charge >= 0.3 is 0 Å². The number of nitrogens with zero attached hydrogens (tertiary/aromatic N) is 1. The molecule has 43 heavy (non-hydrogen) atoms. The van der Waals surface area contributed by atoms with Gasteiger partial charge in [-0.15, -0.1) is 0 Å². The second-order valence-corrected chi connectivity index (χ2v) is 11.9. The topological polar surface area (TPSA) is 79.2 Å². The van der Waals surface area contributed by atoms with E-state index in [1.54, 1.807) is 14.2 Å². The maximum atomic E-state index is 14.3. The highest BCUT2D eigenvalue weighted by atomic mass is 16.5. The van der Waals surface area contributed by atoms with Crippen LogP contribution in [0.3, 0.4) is 0 Å². The van der Waals surface area contributed by atoms with Crippen LogP contribution < -0.4 is 9.47 Å². The second-order valence-electron chi connectivity index (χ2n) is 11.9. The molecule has 6 heteroatoms. The van der Waals surface area contributed by atoms with Crippen LogP contribution in [0.25, 0.3) is 0 Å². The fourth-order valence-corrected chi connectivity index (χ4v) is 7.88. The molecule has 6 rings (SSSR count). The lowest BCUT2D eigenvalue weighted by Crippen LogP contribution is -2.60. The van der Waals surface area contributed by atoms with Crippen molar-refractivity contribution < 1.29 is 24.5 Å². The van der Waals surface area contributed by atoms with E-state index in [4.69, 9.17) is 9.47 Å². The van der Waals surface area contributed by atoms with E-state index in [1.807, 2.05) is 96.8 Å². The van der Waals surface area contributed by atoms with E-state index in [0.29, 0.717) is 23.6 Å². The number of aliphatic hydroxyl groups excluding tert-OH is 1. The summed E-state index contributed by atoms with van der Waals surface area (Å²) >= 11 is 0. The Morgan fingerprint density at radius 3 is 1.88 bits per heavy atom. The Hall–Kier alpha value is -4.13. The molecule has 1 saturated carbocycles. The minimum atomic E-state index is -1.65. The highest BCUT2D eigenvalue weighted by Crippen LogP contribution is 2.60. The largest absolute Gasteiger partial charge is 0.496 e. The van der Waals surface area contributed by atoms with Crippen LogP contribution in [-0.4, -0.2) is 54.4 Å². The summed E-state index contributed by atoms with van der Waals surface area (Å²) in [5, 5.41) is 24.9. The molecule has 2 fully saturated rings. The summed E-state index contributed by atoms with van der Waals surface area (Å²) in [7, 11) is 3.19. The van der Waals surface area contributed by atoms with Crippen molar-refractivity contribution in [3.63, 3.8) is 0 Å². The molecular formula is C37H39NO5. The van der Waals surface area contributed by atoms with Gasteiger partial charge in [-0.05, 0) is 42.5 Å². The van der Waals surface area contributed by atoms with Crippen molar-refractivity contribution in [1.82, 2.24) is 4.90 Å². The van der Waals surface area contributed by atoms with Gasteiger partial charge in [-0.25, -0.2) is 0 Å². The maximum absolute atomic E-state index is 14.3. The molecule has 5 atom stereocenters. The summed E-state index contributed by atoms with van der Waals surface area (Å²) in [4.78, 5) is 16.2. The Balaban J connectivity index is 1.52. The molecule has 1 heterocycles. The number of likely N-dealkylation sites (tertiary alicyclic amines) is 1. The number of benzene rings is 4. The van der Waals surface area contributed by atoms with Crippen molar-refractivity contribution in [1.29, 1.82) is 0 Å². The van der Waals surface area contributed by atoms with E-state index in [1.165, 1.54) is 0 Å². The summed E-state index contributed by atoms with van der Waals surface area (Å²) in [6, 6.07) is 35.4. The minimum Gasteiger partial charge on any atom is -0.496 e. The molecule has 0 spiro atoms. The molecule has 2 aliphatic rings. The van der Waals surface area contributed by atoms with Crippen LogP contribution in [-0.2, 0) is 15.8 Å². The number of amides is 1. The van der Waals surface area contributed by atoms with Crippen LogP contribution in [0, 0.1) is 11.8 Å². The zero-order valence-electron chi connectivity index (χ0n) is 24.9. The lowest BCUT2D eigenvalue weighted by atomic mass is 9.51. The van der Waals surface area contributed by atoms with Crippen molar-refractivity contribution in [2.24, 2.45) is 11.8 Å². The molecule has 4 aromatic rings. The smallest absolute Gasteiger partial charge is 0.229 e. The quantitative estimate of drug-likeness (QED) is 0.303. The molecule has 0 unspecified atom stereocenters. The number of aliphatic hydroxyl groups is 2. The number of carbonyl (C=O) groups excluding carboxylic acids is 1. The first kappa shape index (κ1) is 29.0. The van der Waals surface area contributed by atoms with Crippen LogP contribution >= 0.6 is 0 Å².